The molecule has 0 amide bonds. The van der Waals surface area contributed by atoms with Gasteiger partial charge in [0.1, 0.15) is 5.03 Å². The number of hydrogen-bond acceptors (Lipinski definition) is 4. The Morgan fingerprint density at radius 2 is 2.36 bits per heavy atom. The van der Waals surface area contributed by atoms with Gasteiger partial charge in [-0.2, -0.15) is 0 Å². The van der Waals surface area contributed by atoms with Crippen LogP contribution in [0.5, 0.6) is 0 Å². The maximum absolute atomic E-state index is 5.64. The molecule has 0 aromatic carbocycles. The molecule has 0 unspecified atom stereocenters. The van der Waals surface area contributed by atoms with Gasteiger partial charge in [-0.15, -0.1) is 11.8 Å². The summed E-state index contributed by atoms with van der Waals surface area (Å²) in [5, 5.41) is 0.873. The Bertz CT molecular complexity index is 227. The van der Waals surface area contributed by atoms with Crippen molar-refractivity contribution in [1.29, 1.82) is 0 Å². The lowest BCUT2D eigenvalue weighted by atomic mass is 10.4. The van der Waals surface area contributed by atoms with E-state index < -0.39 is 0 Å². The molecule has 4 N–H and O–H groups in total. The van der Waals surface area contributed by atoms with Crippen LogP contribution in [0, 0.1) is 0 Å². The van der Waals surface area contributed by atoms with Gasteiger partial charge in [-0.25, -0.2) is 4.98 Å². The molecule has 0 aliphatic heterocycles. The minimum atomic E-state index is 0.653. The Labute approximate surface area is 70.2 Å². The molecule has 0 atom stereocenters. The van der Waals surface area contributed by atoms with Crippen molar-refractivity contribution in [3.63, 3.8) is 0 Å². The molecular formula is C7H11N3S. The second-order valence-corrected chi connectivity index (χ2v) is 3.12. The zero-order valence-electron chi connectivity index (χ0n) is 6.16. The van der Waals surface area contributed by atoms with E-state index in [0.29, 0.717) is 6.54 Å². The molecule has 4 heteroatoms. The smallest absolute Gasteiger partial charge is 0.119 e. The van der Waals surface area contributed by atoms with E-state index in [9.17, 15) is 0 Å². The van der Waals surface area contributed by atoms with Crippen LogP contribution in [0.1, 0.15) is 0 Å². The normalized spacial score (nSPS) is 9.91. The topological polar surface area (TPSA) is 64.9 Å². The summed E-state index contributed by atoms with van der Waals surface area (Å²) in [6.45, 7) is 0.653. The van der Waals surface area contributed by atoms with Gasteiger partial charge >= 0.3 is 0 Å². The van der Waals surface area contributed by atoms with Gasteiger partial charge in [-0.05, 0) is 12.1 Å². The summed E-state index contributed by atoms with van der Waals surface area (Å²) < 4.78 is 0. The van der Waals surface area contributed by atoms with Gasteiger partial charge < -0.3 is 11.5 Å². The first kappa shape index (κ1) is 8.36. The monoisotopic (exact) mass is 169 g/mol. The number of nitrogens with two attached hydrogens (primary N) is 2. The minimum Gasteiger partial charge on any atom is -0.397 e. The SMILES string of the molecule is NCCSc1ncccc1N. The highest BCUT2D eigenvalue weighted by Gasteiger charge is 1.97. The highest BCUT2D eigenvalue weighted by Crippen LogP contribution is 2.20. The molecule has 0 spiro atoms. The summed E-state index contributed by atoms with van der Waals surface area (Å²) in [7, 11) is 0. The van der Waals surface area contributed by atoms with Gasteiger partial charge in [0.25, 0.3) is 0 Å². The average molecular weight is 169 g/mol. The van der Waals surface area contributed by atoms with Crippen molar-refractivity contribution in [3.05, 3.63) is 18.3 Å². The van der Waals surface area contributed by atoms with Gasteiger partial charge in [0.05, 0.1) is 5.69 Å². The quantitative estimate of drug-likeness (QED) is 0.654. The maximum atomic E-state index is 5.64. The van der Waals surface area contributed by atoms with E-state index in [4.69, 9.17) is 11.5 Å². The summed E-state index contributed by atoms with van der Waals surface area (Å²) >= 11 is 1.59. The summed E-state index contributed by atoms with van der Waals surface area (Å²) in [6, 6.07) is 3.66. The molecule has 0 bridgehead atoms. The first-order valence-corrected chi connectivity index (χ1v) is 4.36. The number of rotatable bonds is 3. The highest BCUT2D eigenvalue weighted by molar-refractivity contribution is 7.99. The highest BCUT2D eigenvalue weighted by atomic mass is 32.2. The van der Waals surface area contributed by atoms with Crippen LogP contribution in [0.25, 0.3) is 0 Å². The van der Waals surface area contributed by atoms with E-state index in [-0.39, 0.29) is 0 Å². The van der Waals surface area contributed by atoms with E-state index >= 15 is 0 Å². The van der Waals surface area contributed by atoms with Crippen molar-refractivity contribution in [2.24, 2.45) is 5.73 Å². The van der Waals surface area contributed by atoms with Crippen LogP contribution in [0.15, 0.2) is 23.4 Å². The Kier molecular flexibility index (Phi) is 3.19. The van der Waals surface area contributed by atoms with Crippen molar-refractivity contribution in [1.82, 2.24) is 4.98 Å². The second-order valence-electron chi connectivity index (χ2n) is 2.03. The average Bonchev–Trinajstić information content (AvgIpc) is 2.03. The van der Waals surface area contributed by atoms with E-state index in [0.717, 1.165) is 16.5 Å². The summed E-state index contributed by atoms with van der Waals surface area (Å²) in [6.07, 6.45) is 1.73. The third-order valence-corrected chi connectivity index (χ3v) is 2.21. The summed E-state index contributed by atoms with van der Waals surface area (Å²) in [4.78, 5) is 4.10. The number of aromatic nitrogens is 1. The van der Waals surface area contributed by atoms with Gasteiger partial charge in [-0.3, -0.25) is 0 Å². The molecule has 11 heavy (non-hydrogen) atoms. The molecule has 0 aliphatic carbocycles. The molecule has 0 saturated carbocycles. The maximum Gasteiger partial charge on any atom is 0.119 e. The fraction of sp³-hybridized carbons (Fsp3) is 0.286. The Hall–Kier alpha value is -0.740. The van der Waals surface area contributed by atoms with Crippen LogP contribution in [0.2, 0.25) is 0 Å². The zero-order valence-corrected chi connectivity index (χ0v) is 6.97. The van der Waals surface area contributed by atoms with Crippen LogP contribution in [-0.4, -0.2) is 17.3 Å². The third-order valence-electron chi connectivity index (χ3n) is 1.16. The Morgan fingerprint density at radius 1 is 1.55 bits per heavy atom. The summed E-state index contributed by atoms with van der Waals surface area (Å²) in [5.74, 6) is 0.862. The first-order valence-electron chi connectivity index (χ1n) is 3.38. The van der Waals surface area contributed by atoms with E-state index in [1.165, 1.54) is 0 Å². The lowest BCUT2D eigenvalue weighted by Crippen LogP contribution is -2.02. The number of pyridine rings is 1. The van der Waals surface area contributed by atoms with Crippen molar-refractivity contribution in [3.8, 4) is 0 Å². The van der Waals surface area contributed by atoms with Crippen LogP contribution in [0.4, 0.5) is 5.69 Å². The lowest BCUT2D eigenvalue weighted by molar-refractivity contribution is 1.11. The number of hydrogen-bond donors (Lipinski definition) is 2. The fourth-order valence-corrected chi connectivity index (χ4v) is 1.36. The van der Waals surface area contributed by atoms with E-state index in [1.807, 2.05) is 12.1 Å². The second kappa shape index (κ2) is 4.20. The Balaban J connectivity index is 2.62. The van der Waals surface area contributed by atoms with Crippen molar-refractivity contribution in [2.45, 2.75) is 5.03 Å². The van der Waals surface area contributed by atoms with Crippen molar-refractivity contribution < 1.29 is 0 Å². The van der Waals surface area contributed by atoms with Crippen molar-refractivity contribution in [2.75, 3.05) is 18.0 Å². The minimum absolute atomic E-state index is 0.653. The largest absolute Gasteiger partial charge is 0.397 e. The van der Waals surface area contributed by atoms with Crippen LogP contribution in [0.3, 0.4) is 0 Å². The third kappa shape index (κ3) is 2.40. The number of anilines is 1. The van der Waals surface area contributed by atoms with Crippen LogP contribution >= 0.6 is 11.8 Å². The molecule has 0 saturated heterocycles. The molecule has 3 nitrogen and oxygen atoms in total. The van der Waals surface area contributed by atoms with Gasteiger partial charge in [-0.1, -0.05) is 0 Å². The lowest BCUT2D eigenvalue weighted by Gasteiger charge is -2.00. The van der Waals surface area contributed by atoms with Crippen molar-refractivity contribution >= 4 is 17.4 Å². The van der Waals surface area contributed by atoms with Gasteiger partial charge in [0.15, 0.2) is 0 Å². The fourth-order valence-electron chi connectivity index (χ4n) is 0.679. The van der Waals surface area contributed by atoms with Crippen LogP contribution in [-0.2, 0) is 0 Å². The first-order chi connectivity index (χ1) is 5.34. The molecule has 0 aliphatic rings. The molecule has 1 aromatic rings. The van der Waals surface area contributed by atoms with Crippen LogP contribution < -0.4 is 11.5 Å². The standard InChI is InChI=1S/C7H11N3S/c8-3-5-11-7-6(9)2-1-4-10-7/h1-2,4H,3,5,8-9H2. The zero-order chi connectivity index (χ0) is 8.10. The predicted molar refractivity (Wildman–Crippen MR) is 48.4 cm³/mol. The van der Waals surface area contributed by atoms with Gasteiger partial charge in [0.2, 0.25) is 0 Å². The molecule has 0 fully saturated rings. The van der Waals surface area contributed by atoms with E-state index in [1.54, 1.807) is 18.0 Å². The molecule has 0 radical (unpaired) electrons. The molecular weight excluding hydrogens is 158 g/mol. The molecule has 1 heterocycles. The molecule has 1 rings (SSSR count). The number of nitrogens with zero attached hydrogens (tertiary/aromatic N) is 1. The number of thioether (sulfide) groups is 1. The number of nitrogen functional groups attached to an aromatic ring is 1. The summed E-state index contributed by atoms with van der Waals surface area (Å²) in [5.41, 5.74) is 11.7. The molecule has 1 aromatic heterocycles. The molecule has 60 valence electrons. The predicted octanol–water partition coefficient (Wildman–Crippen LogP) is 0.715. The van der Waals surface area contributed by atoms with E-state index in [2.05, 4.69) is 4.98 Å². The Morgan fingerprint density at radius 3 is 3.00 bits per heavy atom. The van der Waals surface area contributed by atoms with Gasteiger partial charge in [0, 0.05) is 18.5 Å².